The Kier molecular flexibility index (Phi) is 3.33. The van der Waals surface area contributed by atoms with Gasteiger partial charge in [0, 0.05) is 0 Å². The summed E-state index contributed by atoms with van der Waals surface area (Å²) in [5.41, 5.74) is 1.78. The molecule has 0 aromatic rings. The van der Waals surface area contributed by atoms with Crippen molar-refractivity contribution in [3.8, 4) is 0 Å². The molecule has 3 aliphatic carbocycles. The largest absolute Gasteiger partial charge is 0.461 e. The molecule has 0 N–H and O–H groups in total. The standard InChI is InChI=1S/C15H24O2/c1-5-10(2)14(16)17-9-11-6-7-12-8-13(11)15(12,3)4/h6,10,12-13H,5,7-9H2,1-4H3. The fraction of sp³-hybridized carbons (Fsp3) is 0.800. The quantitative estimate of drug-likeness (QED) is 0.551. The minimum Gasteiger partial charge on any atom is -0.461 e. The zero-order valence-electron chi connectivity index (χ0n) is 11.5. The van der Waals surface area contributed by atoms with E-state index in [2.05, 4.69) is 19.9 Å². The van der Waals surface area contributed by atoms with Gasteiger partial charge in [0.2, 0.25) is 0 Å². The molecule has 96 valence electrons. The molecular weight excluding hydrogens is 212 g/mol. The molecule has 3 atom stereocenters. The summed E-state index contributed by atoms with van der Waals surface area (Å²) in [5, 5.41) is 0. The monoisotopic (exact) mass is 236 g/mol. The van der Waals surface area contributed by atoms with Gasteiger partial charge in [0.05, 0.1) is 5.92 Å². The lowest BCUT2D eigenvalue weighted by molar-refractivity contribution is -0.147. The first-order valence-electron chi connectivity index (χ1n) is 6.82. The van der Waals surface area contributed by atoms with E-state index >= 15 is 0 Å². The molecule has 0 radical (unpaired) electrons. The SMILES string of the molecule is CCC(C)C(=O)OCC1=CCC2CC1C2(C)C. The predicted octanol–water partition coefficient (Wildman–Crippen LogP) is 3.57. The number of fused-ring (bicyclic) bond motifs is 1. The van der Waals surface area contributed by atoms with Gasteiger partial charge in [0.1, 0.15) is 6.61 Å². The van der Waals surface area contributed by atoms with Crippen LogP contribution in [-0.2, 0) is 9.53 Å². The van der Waals surface area contributed by atoms with Crippen molar-refractivity contribution in [3.63, 3.8) is 0 Å². The molecule has 2 bridgehead atoms. The summed E-state index contributed by atoms with van der Waals surface area (Å²) in [7, 11) is 0. The first-order chi connectivity index (χ1) is 7.96. The van der Waals surface area contributed by atoms with Gasteiger partial charge in [-0.1, -0.05) is 33.8 Å². The lowest BCUT2D eigenvalue weighted by atomic mass is 9.49. The van der Waals surface area contributed by atoms with Gasteiger partial charge in [0.15, 0.2) is 0 Å². The molecule has 3 rings (SSSR count). The zero-order chi connectivity index (χ0) is 12.6. The van der Waals surface area contributed by atoms with Gasteiger partial charge >= 0.3 is 5.97 Å². The van der Waals surface area contributed by atoms with Crippen molar-refractivity contribution >= 4 is 5.97 Å². The number of hydrogen-bond acceptors (Lipinski definition) is 2. The molecule has 1 fully saturated rings. The van der Waals surface area contributed by atoms with Crippen LogP contribution >= 0.6 is 0 Å². The molecule has 0 amide bonds. The summed E-state index contributed by atoms with van der Waals surface area (Å²) < 4.78 is 5.42. The van der Waals surface area contributed by atoms with E-state index in [1.807, 2.05) is 13.8 Å². The van der Waals surface area contributed by atoms with Gasteiger partial charge in [-0.05, 0) is 42.1 Å². The van der Waals surface area contributed by atoms with Crippen LogP contribution in [0, 0.1) is 23.2 Å². The van der Waals surface area contributed by atoms with Crippen LogP contribution in [0.15, 0.2) is 11.6 Å². The van der Waals surface area contributed by atoms with Gasteiger partial charge in [-0.2, -0.15) is 0 Å². The molecule has 2 heteroatoms. The van der Waals surface area contributed by atoms with Crippen LogP contribution in [0.25, 0.3) is 0 Å². The highest BCUT2D eigenvalue weighted by Crippen LogP contribution is 2.59. The van der Waals surface area contributed by atoms with E-state index in [0.29, 0.717) is 17.9 Å². The highest BCUT2D eigenvalue weighted by Gasteiger charge is 2.51. The molecule has 0 aromatic heterocycles. The summed E-state index contributed by atoms with van der Waals surface area (Å²) in [6.45, 7) is 9.15. The number of carbonyl (C=O) groups excluding carboxylic acids is 1. The van der Waals surface area contributed by atoms with Crippen LogP contribution < -0.4 is 0 Å². The molecule has 0 aliphatic heterocycles. The predicted molar refractivity (Wildman–Crippen MR) is 68.5 cm³/mol. The summed E-state index contributed by atoms with van der Waals surface area (Å²) in [4.78, 5) is 11.6. The summed E-state index contributed by atoms with van der Waals surface area (Å²) in [6.07, 6.45) is 5.61. The van der Waals surface area contributed by atoms with Crippen LogP contribution in [0.3, 0.4) is 0 Å². The molecule has 17 heavy (non-hydrogen) atoms. The minimum atomic E-state index is -0.0485. The van der Waals surface area contributed by atoms with Crippen LogP contribution in [0.2, 0.25) is 0 Å². The number of ether oxygens (including phenoxy) is 1. The second-order valence-electron chi connectivity index (χ2n) is 6.24. The molecule has 3 aliphatic rings. The van der Waals surface area contributed by atoms with Gasteiger partial charge in [-0.15, -0.1) is 0 Å². The third-order valence-electron chi connectivity index (χ3n) is 4.98. The molecule has 0 aromatic carbocycles. The number of carbonyl (C=O) groups is 1. The van der Waals surface area contributed by atoms with Crippen molar-refractivity contribution in [2.75, 3.05) is 6.61 Å². The molecule has 2 nitrogen and oxygen atoms in total. The Balaban J connectivity index is 1.89. The number of esters is 1. The smallest absolute Gasteiger partial charge is 0.308 e. The van der Waals surface area contributed by atoms with Gasteiger partial charge in [-0.25, -0.2) is 0 Å². The van der Waals surface area contributed by atoms with Gasteiger partial charge in [-0.3, -0.25) is 4.79 Å². The maximum atomic E-state index is 11.6. The number of allylic oxidation sites excluding steroid dienone is 1. The maximum Gasteiger partial charge on any atom is 0.308 e. The topological polar surface area (TPSA) is 26.3 Å². The fourth-order valence-electron chi connectivity index (χ4n) is 3.10. The Hall–Kier alpha value is -0.790. The van der Waals surface area contributed by atoms with E-state index in [9.17, 15) is 4.79 Å². The first kappa shape index (κ1) is 12.7. The third kappa shape index (κ3) is 2.14. The second-order valence-corrected chi connectivity index (χ2v) is 6.24. The van der Waals surface area contributed by atoms with E-state index in [1.165, 1.54) is 18.4 Å². The van der Waals surface area contributed by atoms with E-state index in [0.717, 1.165) is 12.3 Å². The Morgan fingerprint density at radius 3 is 2.82 bits per heavy atom. The Morgan fingerprint density at radius 2 is 2.29 bits per heavy atom. The second kappa shape index (κ2) is 4.47. The number of hydrogen-bond donors (Lipinski definition) is 0. The summed E-state index contributed by atoms with van der Waals surface area (Å²) in [5.74, 6) is 1.47. The van der Waals surface area contributed by atoms with Crippen molar-refractivity contribution in [2.45, 2.75) is 47.0 Å². The molecule has 0 spiro atoms. The van der Waals surface area contributed by atoms with Crippen molar-refractivity contribution in [1.82, 2.24) is 0 Å². The minimum absolute atomic E-state index is 0.0290. The highest BCUT2D eigenvalue weighted by molar-refractivity contribution is 5.72. The number of rotatable bonds is 4. The van der Waals surface area contributed by atoms with Crippen molar-refractivity contribution in [2.24, 2.45) is 23.2 Å². The first-order valence-corrected chi connectivity index (χ1v) is 6.82. The van der Waals surface area contributed by atoms with Crippen molar-refractivity contribution in [1.29, 1.82) is 0 Å². The van der Waals surface area contributed by atoms with Gasteiger partial charge in [0.25, 0.3) is 0 Å². The molecular formula is C15H24O2. The lowest BCUT2D eigenvalue weighted by Crippen LogP contribution is -2.48. The maximum absolute atomic E-state index is 11.6. The van der Waals surface area contributed by atoms with Crippen LogP contribution in [-0.4, -0.2) is 12.6 Å². The Bertz CT molecular complexity index is 341. The van der Waals surface area contributed by atoms with E-state index in [4.69, 9.17) is 4.74 Å². The van der Waals surface area contributed by atoms with E-state index in [-0.39, 0.29) is 11.9 Å². The van der Waals surface area contributed by atoms with E-state index in [1.54, 1.807) is 0 Å². The van der Waals surface area contributed by atoms with Gasteiger partial charge < -0.3 is 4.74 Å². The summed E-state index contributed by atoms with van der Waals surface area (Å²) in [6, 6.07) is 0. The molecule has 0 heterocycles. The Morgan fingerprint density at radius 1 is 1.59 bits per heavy atom. The van der Waals surface area contributed by atoms with Crippen LogP contribution in [0.4, 0.5) is 0 Å². The molecule has 3 unspecified atom stereocenters. The molecule has 0 saturated heterocycles. The van der Waals surface area contributed by atoms with Crippen LogP contribution in [0.1, 0.15) is 47.0 Å². The van der Waals surface area contributed by atoms with Crippen molar-refractivity contribution < 1.29 is 9.53 Å². The third-order valence-corrected chi connectivity index (χ3v) is 4.98. The summed E-state index contributed by atoms with van der Waals surface area (Å²) >= 11 is 0. The van der Waals surface area contributed by atoms with Crippen molar-refractivity contribution in [3.05, 3.63) is 11.6 Å². The fourth-order valence-corrected chi connectivity index (χ4v) is 3.10. The zero-order valence-corrected chi connectivity index (χ0v) is 11.5. The molecule has 1 saturated carbocycles. The lowest BCUT2D eigenvalue weighted by Gasteiger charge is -2.56. The van der Waals surface area contributed by atoms with Crippen LogP contribution in [0.5, 0.6) is 0 Å². The normalized spacial score (nSPS) is 31.2. The highest BCUT2D eigenvalue weighted by atomic mass is 16.5. The van der Waals surface area contributed by atoms with E-state index < -0.39 is 0 Å². The average Bonchev–Trinajstić information content (AvgIpc) is 2.34. The Labute approximate surface area is 104 Å². The average molecular weight is 236 g/mol.